The second kappa shape index (κ2) is 9.06. The predicted molar refractivity (Wildman–Crippen MR) is 111 cm³/mol. The molecule has 0 atom stereocenters. The third-order valence-electron chi connectivity index (χ3n) is 3.85. The highest BCUT2D eigenvalue weighted by Gasteiger charge is 2.13. The Morgan fingerprint density at radius 2 is 1.96 bits per heavy atom. The summed E-state index contributed by atoms with van der Waals surface area (Å²) in [6, 6.07) is 15.6. The van der Waals surface area contributed by atoms with E-state index < -0.39 is 0 Å². The molecule has 1 heterocycles. The van der Waals surface area contributed by atoms with Crippen LogP contribution in [0, 0.1) is 0 Å². The van der Waals surface area contributed by atoms with Gasteiger partial charge in [0, 0.05) is 5.92 Å². The first-order valence-electron chi connectivity index (χ1n) is 8.58. The van der Waals surface area contributed by atoms with Crippen LogP contribution >= 0.6 is 23.4 Å². The summed E-state index contributed by atoms with van der Waals surface area (Å²) in [6.07, 6.45) is 3.71. The molecule has 0 unspecified atom stereocenters. The molecule has 0 aliphatic heterocycles. The van der Waals surface area contributed by atoms with Gasteiger partial charge in [-0.2, -0.15) is 9.78 Å². The summed E-state index contributed by atoms with van der Waals surface area (Å²) < 4.78 is 7.58. The maximum atomic E-state index is 6.37. The highest BCUT2D eigenvalue weighted by molar-refractivity contribution is 7.98. The van der Waals surface area contributed by atoms with Crippen LogP contribution in [0.15, 0.2) is 58.8 Å². The van der Waals surface area contributed by atoms with Crippen LogP contribution < -0.4 is 4.74 Å². The van der Waals surface area contributed by atoms with Gasteiger partial charge in [-0.3, -0.25) is 0 Å². The molecule has 0 saturated heterocycles. The molecule has 7 heteroatoms. The van der Waals surface area contributed by atoms with E-state index in [-0.39, 0.29) is 5.92 Å². The van der Waals surface area contributed by atoms with Crippen LogP contribution in [0.2, 0.25) is 5.02 Å². The van der Waals surface area contributed by atoms with E-state index >= 15 is 0 Å². The smallest absolute Gasteiger partial charge is 0.211 e. The number of benzene rings is 2. The Hall–Kier alpha value is -2.31. The summed E-state index contributed by atoms with van der Waals surface area (Å²) in [5.41, 5.74) is 1.97. The first-order valence-corrected chi connectivity index (χ1v) is 10.2. The van der Waals surface area contributed by atoms with Gasteiger partial charge in [0.1, 0.15) is 12.4 Å². The minimum Gasteiger partial charge on any atom is -0.487 e. The van der Waals surface area contributed by atoms with Crippen LogP contribution in [0.4, 0.5) is 0 Å². The number of rotatable bonds is 7. The second-order valence-electron chi connectivity index (χ2n) is 6.22. The maximum Gasteiger partial charge on any atom is 0.211 e. The van der Waals surface area contributed by atoms with E-state index in [1.807, 2.05) is 54.8 Å². The minimum absolute atomic E-state index is 0.230. The van der Waals surface area contributed by atoms with Crippen molar-refractivity contribution in [2.75, 3.05) is 6.26 Å². The first-order chi connectivity index (χ1) is 13.1. The molecule has 0 saturated carbocycles. The van der Waals surface area contributed by atoms with Gasteiger partial charge >= 0.3 is 0 Å². The molecule has 3 rings (SSSR count). The summed E-state index contributed by atoms with van der Waals surface area (Å²) in [6.45, 7) is 4.61. The molecule has 0 aliphatic carbocycles. The Balaban J connectivity index is 1.74. The van der Waals surface area contributed by atoms with Crippen LogP contribution in [0.3, 0.4) is 0 Å². The van der Waals surface area contributed by atoms with Gasteiger partial charge in [0.15, 0.2) is 5.82 Å². The van der Waals surface area contributed by atoms with Crippen LogP contribution in [0.1, 0.15) is 36.7 Å². The number of nitrogens with zero attached hydrogens (tertiary/aromatic N) is 4. The largest absolute Gasteiger partial charge is 0.487 e. The summed E-state index contributed by atoms with van der Waals surface area (Å²) in [4.78, 5) is 0. The molecule has 1 aromatic heterocycles. The van der Waals surface area contributed by atoms with E-state index in [4.69, 9.17) is 16.3 Å². The summed E-state index contributed by atoms with van der Waals surface area (Å²) >= 11 is 7.88. The van der Waals surface area contributed by atoms with Gasteiger partial charge in [-0.1, -0.05) is 67.5 Å². The fourth-order valence-electron chi connectivity index (χ4n) is 2.45. The lowest BCUT2D eigenvalue weighted by molar-refractivity contribution is 0.306. The van der Waals surface area contributed by atoms with Gasteiger partial charge < -0.3 is 4.74 Å². The topological polar surface area (TPSA) is 52.3 Å². The van der Waals surface area contributed by atoms with Crippen molar-refractivity contribution in [3.63, 3.8) is 0 Å². The zero-order valence-corrected chi connectivity index (χ0v) is 17.0. The summed E-state index contributed by atoms with van der Waals surface area (Å²) in [5, 5.41) is 14.2. The monoisotopic (exact) mass is 400 g/mol. The molecule has 0 amide bonds. The molecule has 140 valence electrons. The molecule has 27 heavy (non-hydrogen) atoms. The highest BCUT2D eigenvalue weighted by Crippen LogP contribution is 2.26. The van der Waals surface area contributed by atoms with E-state index in [1.165, 1.54) is 11.8 Å². The molecule has 0 bridgehead atoms. The number of thioether (sulfide) groups is 1. The van der Waals surface area contributed by atoms with Crippen molar-refractivity contribution >= 4 is 29.6 Å². The van der Waals surface area contributed by atoms with Gasteiger partial charge in [-0.25, -0.2) is 0 Å². The van der Waals surface area contributed by atoms with Crippen LogP contribution in [-0.2, 0) is 6.61 Å². The van der Waals surface area contributed by atoms with E-state index in [2.05, 4.69) is 29.1 Å². The van der Waals surface area contributed by atoms with E-state index in [0.717, 1.165) is 22.1 Å². The van der Waals surface area contributed by atoms with Gasteiger partial charge in [0.2, 0.25) is 5.16 Å². The van der Waals surface area contributed by atoms with Crippen molar-refractivity contribution in [1.82, 2.24) is 14.9 Å². The van der Waals surface area contributed by atoms with Crippen LogP contribution in [0.5, 0.6) is 5.75 Å². The van der Waals surface area contributed by atoms with E-state index in [1.54, 1.807) is 10.9 Å². The lowest BCUT2D eigenvalue weighted by atomic mass is 10.2. The lowest BCUT2D eigenvalue weighted by Gasteiger charge is -2.09. The molecular weight excluding hydrogens is 380 g/mol. The fraction of sp³-hybridized carbons (Fsp3) is 0.250. The number of ether oxygens (including phenoxy) is 1. The van der Waals surface area contributed by atoms with Gasteiger partial charge in [0.05, 0.1) is 11.2 Å². The highest BCUT2D eigenvalue weighted by atomic mass is 35.5. The van der Waals surface area contributed by atoms with Crippen LogP contribution in [0.25, 0.3) is 0 Å². The normalized spacial score (nSPS) is 11.4. The van der Waals surface area contributed by atoms with Crippen molar-refractivity contribution in [2.45, 2.75) is 31.5 Å². The molecule has 0 spiro atoms. The minimum atomic E-state index is 0.230. The number of hydrogen-bond acceptors (Lipinski definition) is 5. The lowest BCUT2D eigenvalue weighted by Crippen LogP contribution is -2.02. The standard InChI is InChI=1S/C20H21ClN4OS/c1-14(2)19-23-24-20(27-3)25(19)22-12-16-9-10-18(17(21)11-16)26-13-15-7-5-4-6-8-15/h4-12,14H,13H2,1-3H3/b22-12-. The Morgan fingerprint density at radius 1 is 1.19 bits per heavy atom. The SMILES string of the molecule is CSc1nnc(C(C)C)n1/N=C\c1ccc(OCc2ccccc2)c(Cl)c1. The average Bonchev–Trinajstić information content (AvgIpc) is 3.09. The van der Waals surface area contributed by atoms with Crippen molar-refractivity contribution in [1.29, 1.82) is 0 Å². The maximum absolute atomic E-state index is 6.37. The van der Waals surface area contributed by atoms with Crippen molar-refractivity contribution in [3.8, 4) is 5.75 Å². The van der Waals surface area contributed by atoms with Gasteiger partial charge in [-0.05, 0) is 35.6 Å². The van der Waals surface area contributed by atoms with E-state index in [9.17, 15) is 0 Å². The number of aromatic nitrogens is 3. The second-order valence-corrected chi connectivity index (χ2v) is 7.40. The molecule has 0 radical (unpaired) electrons. The zero-order chi connectivity index (χ0) is 19.2. The molecule has 2 aromatic carbocycles. The summed E-state index contributed by atoms with van der Waals surface area (Å²) in [5.74, 6) is 1.70. The molecule has 5 nitrogen and oxygen atoms in total. The summed E-state index contributed by atoms with van der Waals surface area (Å²) in [7, 11) is 0. The number of halogens is 1. The third kappa shape index (κ3) is 4.90. The molecular formula is C20H21ClN4OS. The Labute approximate surface area is 168 Å². The average molecular weight is 401 g/mol. The quantitative estimate of drug-likeness (QED) is 0.402. The first kappa shape index (κ1) is 19.5. The van der Waals surface area contributed by atoms with Crippen molar-refractivity contribution in [3.05, 3.63) is 70.5 Å². The number of hydrogen-bond donors (Lipinski definition) is 0. The molecule has 0 fully saturated rings. The van der Waals surface area contributed by atoms with Crippen molar-refractivity contribution < 1.29 is 4.74 Å². The Kier molecular flexibility index (Phi) is 6.53. The zero-order valence-electron chi connectivity index (χ0n) is 15.5. The van der Waals surface area contributed by atoms with Gasteiger partial charge in [-0.15, -0.1) is 10.2 Å². The fourth-order valence-corrected chi connectivity index (χ4v) is 3.13. The Bertz CT molecular complexity index is 925. The molecule has 0 aliphatic rings. The van der Waals surface area contributed by atoms with Crippen molar-refractivity contribution in [2.24, 2.45) is 5.10 Å². The molecule has 3 aromatic rings. The van der Waals surface area contributed by atoms with Gasteiger partial charge in [0.25, 0.3) is 0 Å². The molecule has 0 N–H and O–H groups in total. The predicted octanol–water partition coefficient (Wildman–Crippen LogP) is 5.24. The van der Waals surface area contributed by atoms with E-state index in [0.29, 0.717) is 17.4 Å². The third-order valence-corrected chi connectivity index (χ3v) is 4.77. The Morgan fingerprint density at radius 3 is 2.63 bits per heavy atom. The van der Waals surface area contributed by atoms with Crippen LogP contribution in [-0.4, -0.2) is 27.3 Å².